The maximum absolute atomic E-state index is 12.0. The van der Waals surface area contributed by atoms with Gasteiger partial charge in [0.05, 0.1) is 17.1 Å². The lowest BCUT2D eigenvalue weighted by molar-refractivity contribution is -0.116. The predicted molar refractivity (Wildman–Crippen MR) is 83.3 cm³/mol. The molecule has 1 heterocycles. The fraction of sp³-hybridized carbons (Fsp3) is 0.500. The summed E-state index contributed by atoms with van der Waals surface area (Å²) in [4.78, 5) is 11.8. The Morgan fingerprint density at radius 3 is 2.57 bits per heavy atom. The Bertz CT molecular complexity index is 595. The van der Waals surface area contributed by atoms with Crippen molar-refractivity contribution in [3.05, 3.63) is 24.3 Å². The highest BCUT2D eigenvalue weighted by atomic mass is 32.2. The molecule has 0 spiro atoms. The van der Waals surface area contributed by atoms with E-state index in [0.717, 1.165) is 12.8 Å². The molecule has 0 saturated carbocycles. The second-order valence-electron chi connectivity index (χ2n) is 5.16. The molecule has 1 amide bonds. The van der Waals surface area contributed by atoms with E-state index in [0.29, 0.717) is 30.9 Å². The summed E-state index contributed by atoms with van der Waals surface area (Å²) >= 11 is 0. The summed E-state index contributed by atoms with van der Waals surface area (Å²) in [5.74, 6) is -0.199. The van der Waals surface area contributed by atoms with E-state index in [1.807, 2.05) is 0 Å². The Kier molecular flexibility index (Phi) is 5.19. The normalized spacial score (nSPS) is 16.0. The van der Waals surface area contributed by atoms with E-state index in [1.165, 1.54) is 4.31 Å². The molecule has 21 heavy (non-hydrogen) atoms. The molecular weight excluding hydrogens is 290 g/mol. The van der Waals surface area contributed by atoms with Crippen molar-refractivity contribution in [1.29, 1.82) is 0 Å². The van der Waals surface area contributed by atoms with Gasteiger partial charge in [0.25, 0.3) is 0 Å². The molecule has 6 nitrogen and oxygen atoms in total. The number of nitrogens with two attached hydrogens (primary N) is 1. The number of carbonyl (C=O) groups excluding carboxylic acids is 1. The van der Waals surface area contributed by atoms with Gasteiger partial charge in [-0.25, -0.2) is 12.7 Å². The maximum Gasteiger partial charge on any atom is 0.224 e. The van der Waals surface area contributed by atoms with Crippen molar-refractivity contribution in [3.63, 3.8) is 0 Å². The highest BCUT2D eigenvalue weighted by Crippen LogP contribution is 2.18. The van der Waals surface area contributed by atoms with Gasteiger partial charge in [0.1, 0.15) is 0 Å². The van der Waals surface area contributed by atoms with Crippen LogP contribution in [0, 0.1) is 0 Å². The maximum atomic E-state index is 12.0. The number of hydrogen-bond donors (Lipinski definition) is 2. The second-order valence-corrected chi connectivity index (χ2v) is 7.25. The molecule has 0 radical (unpaired) electrons. The lowest BCUT2D eigenvalue weighted by Gasteiger charge is -2.15. The molecule has 116 valence electrons. The molecule has 0 atom stereocenters. The molecular formula is C14H21N3O3S. The molecule has 7 heteroatoms. The monoisotopic (exact) mass is 311 g/mol. The molecule has 1 aliphatic rings. The Balaban J connectivity index is 1.78. The highest BCUT2D eigenvalue weighted by Gasteiger charge is 2.24. The summed E-state index contributed by atoms with van der Waals surface area (Å²) in [5, 5.41) is 2.69. The topological polar surface area (TPSA) is 92.5 Å². The lowest BCUT2D eigenvalue weighted by Crippen LogP contribution is -2.30. The van der Waals surface area contributed by atoms with Crippen molar-refractivity contribution in [1.82, 2.24) is 4.31 Å². The minimum Gasteiger partial charge on any atom is -0.397 e. The van der Waals surface area contributed by atoms with Crippen LogP contribution in [-0.2, 0) is 14.8 Å². The van der Waals surface area contributed by atoms with Crippen LogP contribution in [0.15, 0.2) is 24.3 Å². The molecule has 0 aromatic heterocycles. The molecule has 2 rings (SSSR count). The summed E-state index contributed by atoms with van der Waals surface area (Å²) in [6, 6.07) is 6.99. The van der Waals surface area contributed by atoms with Crippen LogP contribution < -0.4 is 11.1 Å². The van der Waals surface area contributed by atoms with Gasteiger partial charge in [-0.3, -0.25) is 4.79 Å². The third-order valence-corrected chi connectivity index (χ3v) is 5.46. The van der Waals surface area contributed by atoms with E-state index in [4.69, 9.17) is 5.73 Å². The molecule has 1 aromatic carbocycles. The van der Waals surface area contributed by atoms with Gasteiger partial charge in [-0.05, 0) is 31.4 Å². The van der Waals surface area contributed by atoms with Crippen molar-refractivity contribution in [2.75, 3.05) is 29.9 Å². The molecule has 0 aliphatic carbocycles. The fourth-order valence-electron chi connectivity index (χ4n) is 2.33. The second kappa shape index (κ2) is 6.91. The van der Waals surface area contributed by atoms with Gasteiger partial charge in [-0.2, -0.15) is 0 Å². The van der Waals surface area contributed by atoms with E-state index >= 15 is 0 Å². The number of anilines is 2. The van der Waals surface area contributed by atoms with Crippen LogP contribution >= 0.6 is 0 Å². The third-order valence-electron chi connectivity index (χ3n) is 3.50. The number of nitrogen functional groups attached to an aromatic ring is 1. The first-order valence-corrected chi connectivity index (χ1v) is 8.72. The number of carbonyl (C=O) groups is 1. The molecule has 1 aliphatic heterocycles. The van der Waals surface area contributed by atoms with Gasteiger partial charge in [0.2, 0.25) is 15.9 Å². The highest BCUT2D eigenvalue weighted by molar-refractivity contribution is 7.89. The van der Waals surface area contributed by atoms with Crippen LogP contribution in [0.3, 0.4) is 0 Å². The number of nitrogens with one attached hydrogen (secondary N) is 1. The third kappa shape index (κ3) is 4.44. The number of para-hydroxylation sites is 2. The Hall–Kier alpha value is -1.60. The Morgan fingerprint density at radius 2 is 1.90 bits per heavy atom. The number of nitrogens with zero attached hydrogens (tertiary/aromatic N) is 1. The Labute approximate surface area is 125 Å². The Morgan fingerprint density at radius 1 is 1.24 bits per heavy atom. The summed E-state index contributed by atoms with van der Waals surface area (Å²) in [6.45, 7) is 1.21. The largest absolute Gasteiger partial charge is 0.397 e. The van der Waals surface area contributed by atoms with Crippen LogP contribution in [-0.4, -0.2) is 37.5 Å². The summed E-state index contributed by atoms with van der Waals surface area (Å²) in [6.07, 6.45) is 2.33. The number of hydrogen-bond acceptors (Lipinski definition) is 4. The van der Waals surface area contributed by atoms with Gasteiger partial charge < -0.3 is 11.1 Å². The van der Waals surface area contributed by atoms with Crippen molar-refractivity contribution in [2.24, 2.45) is 0 Å². The van der Waals surface area contributed by atoms with Crippen LogP contribution in [0.25, 0.3) is 0 Å². The summed E-state index contributed by atoms with van der Waals surface area (Å²) in [5.41, 5.74) is 6.79. The zero-order valence-corrected chi connectivity index (χ0v) is 12.7. The molecule has 1 aromatic rings. The number of sulfonamides is 1. The molecule has 3 N–H and O–H groups in total. The van der Waals surface area contributed by atoms with Crippen LogP contribution in [0.5, 0.6) is 0 Å². The minimum atomic E-state index is -3.21. The first kappa shape index (κ1) is 15.8. The standard InChI is InChI=1S/C14H21N3O3S/c15-12-6-1-2-7-13(12)16-14(18)8-5-11-21(19,20)17-9-3-4-10-17/h1-2,6-7H,3-5,8-11,15H2,(H,16,18). The van der Waals surface area contributed by atoms with E-state index < -0.39 is 10.0 Å². The van der Waals surface area contributed by atoms with Crippen molar-refractivity contribution in [2.45, 2.75) is 25.7 Å². The SMILES string of the molecule is Nc1ccccc1NC(=O)CCCS(=O)(=O)N1CCCC1. The van der Waals surface area contributed by atoms with Crippen molar-refractivity contribution < 1.29 is 13.2 Å². The lowest BCUT2D eigenvalue weighted by atomic mass is 10.2. The number of rotatable bonds is 6. The first-order chi connectivity index (χ1) is 9.99. The zero-order chi connectivity index (χ0) is 15.3. The number of benzene rings is 1. The van der Waals surface area contributed by atoms with E-state index in [-0.39, 0.29) is 18.1 Å². The summed E-state index contributed by atoms with van der Waals surface area (Å²) < 4.78 is 25.5. The van der Waals surface area contributed by atoms with E-state index in [2.05, 4.69) is 5.32 Å². The van der Waals surface area contributed by atoms with Crippen molar-refractivity contribution >= 4 is 27.3 Å². The number of amides is 1. The molecule has 0 bridgehead atoms. The minimum absolute atomic E-state index is 0.0185. The first-order valence-electron chi connectivity index (χ1n) is 7.11. The molecule has 1 fully saturated rings. The van der Waals surface area contributed by atoms with Gasteiger partial charge in [-0.1, -0.05) is 12.1 Å². The van der Waals surface area contributed by atoms with Gasteiger partial charge in [0.15, 0.2) is 0 Å². The smallest absolute Gasteiger partial charge is 0.224 e. The molecule has 0 unspecified atom stereocenters. The van der Waals surface area contributed by atoms with Gasteiger partial charge in [-0.15, -0.1) is 0 Å². The quantitative estimate of drug-likeness (QED) is 0.777. The van der Waals surface area contributed by atoms with Crippen LogP contribution in [0.1, 0.15) is 25.7 Å². The predicted octanol–water partition coefficient (Wildman–Crippen LogP) is 1.41. The van der Waals surface area contributed by atoms with Gasteiger partial charge in [0, 0.05) is 19.5 Å². The summed E-state index contributed by atoms with van der Waals surface area (Å²) in [7, 11) is -3.21. The zero-order valence-electron chi connectivity index (χ0n) is 11.9. The average Bonchev–Trinajstić information content (AvgIpc) is 2.96. The van der Waals surface area contributed by atoms with E-state index in [9.17, 15) is 13.2 Å². The van der Waals surface area contributed by atoms with Gasteiger partial charge >= 0.3 is 0 Å². The average molecular weight is 311 g/mol. The van der Waals surface area contributed by atoms with Crippen molar-refractivity contribution in [3.8, 4) is 0 Å². The van der Waals surface area contributed by atoms with Crippen LogP contribution in [0.4, 0.5) is 11.4 Å². The van der Waals surface area contributed by atoms with Crippen LogP contribution in [0.2, 0.25) is 0 Å². The molecule has 1 saturated heterocycles. The van der Waals surface area contributed by atoms with E-state index in [1.54, 1.807) is 24.3 Å². The fourth-order valence-corrected chi connectivity index (χ4v) is 3.92.